The molecule has 0 bridgehead atoms. The summed E-state index contributed by atoms with van der Waals surface area (Å²) in [5, 5.41) is 0. The van der Waals surface area contributed by atoms with Crippen molar-refractivity contribution in [3.8, 4) is 0 Å². The molecule has 1 unspecified atom stereocenters. The molecule has 1 rings (SSSR count). The molecule has 1 aromatic carbocycles. The van der Waals surface area contributed by atoms with Gasteiger partial charge in [0.1, 0.15) is 0 Å². The average molecular weight is 268 g/mol. The van der Waals surface area contributed by atoms with Crippen LogP contribution in [-0.4, -0.2) is 14.5 Å². The molecule has 0 heterocycles. The van der Waals surface area contributed by atoms with Gasteiger partial charge in [0.25, 0.3) is 0 Å². The van der Waals surface area contributed by atoms with Crippen LogP contribution in [-0.2, 0) is 10.0 Å². The highest BCUT2D eigenvalue weighted by Gasteiger charge is 2.20. The van der Waals surface area contributed by atoms with Crippen LogP contribution in [0.4, 0.5) is 5.69 Å². The van der Waals surface area contributed by atoms with E-state index in [2.05, 4.69) is 11.3 Å². The lowest BCUT2D eigenvalue weighted by Crippen LogP contribution is -2.32. The second-order valence-corrected chi connectivity index (χ2v) is 6.21. The molecule has 18 heavy (non-hydrogen) atoms. The van der Waals surface area contributed by atoms with E-state index in [9.17, 15) is 8.42 Å². The molecule has 4 nitrogen and oxygen atoms in total. The van der Waals surface area contributed by atoms with Gasteiger partial charge in [0.15, 0.2) is 0 Å². The van der Waals surface area contributed by atoms with Crippen LogP contribution in [0.1, 0.15) is 24.5 Å². The summed E-state index contributed by atoms with van der Waals surface area (Å²) in [5.74, 6) is 0. The van der Waals surface area contributed by atoms with Crippen LogP contribution in [0, 0.1) is 13.8 Å². The zero-order valence-electron chi connectivity index (χ0n) is 11.0. The highest BCUT2D eigenvalue weighted by molar-refractivity contribution is 7.89. The zero-order chi connectivity index (χ0) is 13.9. The molecule has 1 atom stereocenters. The Balaban J connectivity index is 3.16. The van der Waals surface area contributed by atoms with E-state index < -0.39 is 10.0 Å². The van der Waals surface area contributed by atoms with E-state index in [0.717, 1.165) is 5.56 Å². The molecule has 0 aromatic heterocycles. The third-order valence-corrected chi connectivity index (χ3v) is 4.43. The van der Waals surface area contributed by atoms with Crippen LogP contribution < -0.4 is 10.5 Å². The normalized spacial score (nSPS) is 13.3. The monoisotopic (exact) mass is 268 g/mol. The van der Waals surface area contributed by atoms with E-state index in [1.807, 2.05) is 6.92 Å². The molecule has 0 aliphatic heterocycles. The molecule has 5 heteroatoms. The van der Waals surface area contributed by atoms with Crippen molar-refractivity contribution in [2.75, 3.05) is 5.73 Å². The second-order valence-electron chi connectivity index (χ2n) is 4.52. The summed E-state index contributed by atoms with van der Waals surface area (Å²) in [6.07, 6.45) is 2.27. The van der Waals surface area contributed by atoms with Gasteiger partial charge in [0.2, 0.25) is 10.0 Å². The predicted molar refractivity (Wildman–Crippen MR) is 74.9 cm³/mol. The number of aryl methyl sites for hydroxylation is 1. The van der Waals surface area contributed by atoms with Gasteiger partial charge in [-0.2, -0.15) is 0 Å². The Morgan fingerprint density at radius 1 is 1.44 bits per heavy atom. The van der Waals surface area contributed by atoms with Crippen molar-refractivity contribution in [3.05, 3.63) is 35.9 Å². The van der Waals surface area contributed by atoms with Crippen LogP contribution in [0.25, 0.3) is 0 Å². The van der Waals surface area contributed by atoms with E-state index in [1.54, 1.807) is 32.1 Å². The summed E-state index contributed by atoms with van der Waals surface area (Å²) >= 11 is 0. The Hall–Kier alpha value is -1.33. The number of rotatable bonds is 5. The Bertz CT molecular complexity index is 550. The maximum absolute atomic E-state index is 12.2. The maximum atomic E-state index is 12.2. The Kier molecular flexibility index (Phi) is 4.53. The molecule has 0 aliphatic rings. The van der Waals surface area contributed by atoms with Crippen molar-refractivity contribution in [2.45, 2.75) is 38.1 Å². The molecule has 1 aromatic rings. The van der Waals surface area contributed by atoms with Crippen LogP contribution in [0.15, 0.2) is 29.7 Å². The van der Waals surface area contributed by atoms with E-state index >= 15 is 0 Å². The summed E-state index contributed by atoms with van der Waals surface area (Å²) in [4.78, 5) is 0.246. The van der Waals surface area contributed by atoms with E-state index in [0.29, 0.717) is 17.7 Å². The van der Waals surface area contributed by atoms with E-state index in [-0.39, 0.29) is 10.9 Å². The van der Waals surface area contributed by atoms with Crippen LogP contribution in [0.3, 0.4) is 0 Å². The first-order valence-electron chi connectivity index (χ1n) is 5.78. The minimum atomic E-state index is -3.54. The van der Waals surface area contributed by atoms with Crippen LogP contribution in [0.2, 0.25) is 0 Å². The fraction of sp³-hybridized carbons (Fsp3) is 0.385. The van der Waals surface area contributed by atoms with Gasteiger partial charge in [-0.05, 0) is 50.5 Å². The van der Waals surface area contributed by atoms with Crippen molar-refractivity contribution in [1.82, 2.24) is 4.72 Å². The van der Waals surface area contributed by atoms with Gasteiger partial charge in [0, 0.05) is 11.7 Å². The third kappa shape index (κ3) is 3.34. The molecule has 0 aliphatic carbocycles. The van der Waals surface area contributed by atoms with Crippen LogP contribution in [0.5, 0.6) is 0 Å². The quantitative estimate of drug-likeness (QED) is 0.634. The maximum Gasteiger partial charge on any atom is 0.241 e. The van der Waals surface area contributed by atoms with E-state index in [4.69, 9.17) is 5.73 Å². The van der Waals surface area contributed by atoms with Gasteiger partial charge >= 0.3 is 0 Å². The fourth-order valence-electron chi connectivity index (χ4n) is 1.76. The van der Waals surface area contributed by atoms with Crippen molar-refractivity contribution in [1.29, 1.82) is 0 Å². The topological polar surface area (TPSA) is 72.2 Å². The standard InChI is InChI=1S/C13H20N2O2S/c1-5-6-10(3)15-18(16,17)13-8-9(2)7-12(14)11(13)4/h5,7-8,10,15H,1,6,14H2,2-4H3. The minimum Gasteiger partial charge on any atom is -0.398 e. The largest absolute Gasteiger partial charge is 0.398 e. The predicted octanol–water partition coefficient (Wildman–Crippen LogP) is 2.13. The number of hydrogen-bond acceptors (Lipinski definition) is 3. The molecule has 0 spiro atoms. The Morgan fingerprint density at radius 2 is 2.06 bits per heavy atom. The summed E-state index contributed by atoms with van der Waals surface area (Å²) in [6, 6.07) is 3.21. The van der Waals surface area contributed by atoms with Crippen LogP contribution >= 0.6 is 0 Å². The molecule has 3 N–H and O–H groups in total. The highest BCUT2D eigenvalue weighted by atomic mass is 32.2. The molecule has 0 amide bonds. The van der Waals surface area contributed by atoms with Crippen molar-refractivity contribution in [3.63, 3.8) is 0 Å². The Morgan fingerprint density at radius 3 is 2.61 bits per heavy atom. The van der Waals surface area contributed by atoms with Gasteiger partial charge in [-0.15, -0.1) is 6.58 Å². The minimum absolute atomic E-state index is 0.186. The lowest BCUT2D eigenvalue weighted by molar-refractivity contribution is 0.561. The van der Waals surface area contributed by atoms with Gasteiger partial charge in [-0.25, -0.2) is 13.1 Å². The molecule has 0 saturated heterocycles. The number of benzene rings is 1. The molecule has 0 saturated carbocycles. The first kappa shape index (κ1) is 14.7. The van der Waals surface area contributed by atoms with Crippen molar-refractivity contribution < 1.29 is 8.42 Å². The summed E-state index contributed by atoms with van der Waals surface area (Å²) < 4.78 is 27.1. The lowest BCUT2D eigenvalue weighted by Gasteiger charge is -2.15. The molecule has 0 radical (unpaired) electrons. The number of nitrogen functional groups attached to an aromatic ring is 1. The smallest absolute Gasteiger partial charge is 0.241 e. The molecule has 100 valence electrons. The second kappa shape index (κ2) is 5.54. The molecular weight excluding hydrogens is 248 g/mol. The average Bonchev–Trinajstić information content (AvgIpc) is 2.22. The summed E-state index contributed by atoms with van der Waals surface area (Å²) in [6.45, 7) is 8.92. The first-order chi connectivity index (χ1) is 8.27. The van der Waals surface area contributed by atoms with Crippen molar-refractivity contribution in [2.24, 2.45) is 0 Å². The van der Waals surface area contributed by atoms with Gasteiger partial charge in [0.05, 0.1) is 4.90 Å². The lowest BCUT2D eigenvalue weighted by atomic mass is 10.1. The van der Waals surface area contributed by atoms with Gasteiger partial charge < -0.3 is 5.73 Å². The SMILES string of the molecule is C=CCC(C)NS(=O)(=O)c1cc(C)cc(N)c1C. The van der Waals surface area contributed by atoms with Gasteiger partial charge in [-0.3, -0.25) is 0 Å². The number of sulfonamides is 1. The summed E-state index contributed by atoms with van der Waals surface area (Å²) in [7, 11) is -3.54. The highest BCUT2D eigenvalue weighted by Crippen LogP contribution is 2.23. The fourth-order valence-corrected chi connectivity index (χ4v) is 3.37. The number of hydrogen-bond donors (Lipinski definition) is 2. The summed E-state index contributed by atoms with van der Waals surface area (Å²) in [5.41, 5.74) is 7.70. The zero-order valence-corrected chi connectivity index (χ0v) is 11.8. The van der Waals surface area contributed by atoms with Gasteiger partial charge in [-0.1, -0.05) is 6.08 Å². The molecular formula is C13H20N2O2S. The molecule has 0 fully saturated rings. The first-order valence-corrected chi connectivity index (χ1v) is 7.26. The Labute approximate surface area is 109 Å². The number of nitrogens with one attached hydrogen (secondary N) is 1. The third-order valence-electron chi connectivity index (χ3n) is 2.71. The van der Waals surface area contributed by atoms with Crippen molar-refractivity contribution >= 4 is 15.7 Å². The number of nitrogens with two attached hydrogens (primary N) is 1. The van der Waals surface area contributed by atoms with E-state index in [1.165, 1.54) is 0 Å². The number of anilines is 1.